The molecule has 3 aromatic rings. The maximum atomic E-state index is 9.19. The number of aromatic amines is 1. The van der Waals surface area contributed by atoms with Gasteiger partial charge in [0.25, 0.3) is 10.1 Å². The van der Waals surface area contributed by atoms with Crippen LogP contribution in [-0.2, 0) is 32.3 Å². The predicted octanol–water partition coefficient (Wildman–Crippen LogP) is 5.85. The van der Waals surface area contributed by atoms with Gasteiger partial charge in [-0.05, 0) is 35.8 Å². The predicted molar refractivity (Wildman–Crippen MR) is 155 cm³/mol. The van der Waals surface area contributed by atoms with Gasteiger partial charge in [-0.2, -0.15) is 8.42 Å². The summed E-state index contributed by atoms with van der Waals surface area (Å²) in [7, 11) is -3.67. The van der Waals surface area contributed by atoms with Crippen molar-refractivity contribution in [3.63, 3.8) is 0 Å². The van der Waals surface area contributed by atoms with Crippen LogP contribution >= 0.6 is 0 Å². The fraction of sp³-hybridized carbons (Fsp3) is 0.433. The first-order chi connectivity index (χ1) is 18.2. The maximum absolute atomic E-state index is 9.19. The number of benzene rings is 2. The van der Waals surface area contributed by atoms with Crippen LogP contribution < -0.4 is 4.98 Å². The van der Waals surface area contributed by atoms with Gasteiger partial charge in [-0.1, -0.05) is 108 Å². The molecule has 0 spiro atoms. The molecular formula is C30H42NO6S2-. The molecule has 39 heavy (non-hydrogen) atoms. The molecule has 7 nitrogen and oxygen atoms in total. The minimum atomic E-state index is -3.67. The molecule has 3 unspecified atom stereocenters. The monoisotopic (exact) mass is 576 g/mol. The zero-order valence-corrected chi connectivity index (χ0v) is 25.3. The van der Waals surface area contributed by atoms with Gasteiger partial charge in [0.1, 0.15) is 0 Å². The highest BCUT2D eigenvalue weighted by molar-refractivity contribution is 7.85. The van der Waals surface area contributed by atoms with Crippen molar-refractivity contribution in [3.05, 3.63) is 102 Å². The SMILES string of the molecule is CC(CC1(c2cccc[nH+]2)CC1(C)c1ccccc1)c1ccccc1.CCC(C)C.CS(=O)(=O)O.O=S([O-])[O-]. The number of hydrogen-bond donors (Lipinski definition) is 1. The molecule has 2 aromatic carbocycles. The minimum Gasteiger partial charge on any atom is -0.784 e. The van der Waals surface area contributed by atoms with Crippen LogP contribution in [0, 0.1) is 5.92 Å². The molecule has 1 aliphatic rings. The lowest BCUT2D eigenvalue weighted by molar-refractivity contribution is -0.395. The van der Waals surface area contributed by atoms with Gasteiger partial charge in [-0.15, -0.1) is 11.4 Å². The lowest BCUT2D eigenvalue weighted by Crippen LogP contribution is -2.28. The third kappa shape index (κ3) is 12.1. The zero-order valence-electron chi connectivity index (χ0n) is 23.7. The number of H-pyrrole nitrogens is 1. The van der Waals surface area contributed by atoms with E-state index in [0.717, 1.165) is 12.3 Å². The second-order valence-electron chi connectivity index (χ2n) is 10.5. The number of pyridine rings is 1. The van der Waals surface area contributed by atoms with Crippen molar-refractivity contribution in [3.8, 4) is 0 Å². The van der Waals surface area contributed by atoms with Crippen molar-refractivity contribution >= 4 is 21.5 Å². The third-order valence-electron chi connectivity index (χ3n) is 7.06. The molecule has 0 bridgehead atoms. The maximum Gasteiger partial charge on any atom is 0.261 e. The van der Waals surface area contributed by atoms with Crippen molar-refractivity contribution < 1.29 is 31.3 Å². The van der Waals surface area contributed by atoms with Gasteiger partial charge >= 0.3 is 0 Å². The molecule has 1 aliphatic carbocycles. The molecule has 3 atom stereocenters. The molecule has 0 saturated heterocycles. The fourth-order valence-corrected chi connectivity index (χ4v) is 4.66. The van der Waals surface area contributed by atoms with Crippen LogP contribution in [-0.4, -0.2) is 32.5 Å². The summed E-state index contributed by atoms with van der Waals surface area (Å²) in [6.45, 7) is 11.4. The van der Waals surface area contributed by atoms with E-state index < -0.39 is 21.5 Å². The second kappa shape index (κ2) is 16.0. The Morgan fingerprint density at radius 1 is 0.949 bits per heavy atom. The molecule has 216 valence electrons. The first kappa shape index (κ1) is 34.6. The van der Waals surface area contributed by atoms with E-state index in [1.54, 1.807) is 0 Å². The lowest BCUT2D eigenvalue weighted by Gasteiger charge is -2.24. The molecule has 1 saturated carbocycles. The Bertz CT molecular complexity index is 1210. The Labute approximate surface area is 237 Å². The highest BCUT2D eigenvalue weighted by Crippen LogP contribution is 2.67. The van der Waals surface area contributed by atoms with E-state index in [0.29, 0.717) is 12.2 Å². The molecule has 0 amide bonds. The molecule has 0 aliphatic heterocycles. The van der Waals surface area contributed by atoms with E-state index in [9.17, 15) is 8.42 Å². The number of aromatic nitrogens is 1. The van der Waals surface area contributed by atoms with Crippen LogP contribution in [0.1, 0.15) is 76.6 Å². The van der Waals surface area contributed by atoms with Gasteiger partial charge in [0.2, 0.25) is 0 Å². The molecule has 2 N–H and O–H groups in total. The summed E-state index contributed by atoms with van der Waals surface area (Å²) in [5.74, 6) is 1.41. The molecule has 1 fully saturated rings. The summed E-state index contributed by atoms with van der Waals surface area (Å²) in [6.07, 6.45) is 6.44. The average molecular weight is 577 g/mol. The van der Waals surface area contributed by atoms with E-state index >= 15 is 0 Å². The molecular weight excluding hydrogens is 534 g/mol. The summed E-state index contributed by atoms with van der Waals surface area (Å²) in [6, 6.07) is 28.4. The fourth-order valence-electron chi connectivity index (χ4n) is 4.66. The van der Waals surface area contributed by atoms with Crippen molar-refractivity contribution in [1.29, 1.82) is 0 Å². The van der Waals surface area contributed by atoms with Crippen molar-refractivity contribution in [2.24, 2.45) is 5.92 Å². The third-order valence-corrected chi connectivity index (χ3v) is 7.06. The highest BCUT2D eigenvalue weighted by atomic mass is 32.2. The van der Waals surface area contributed by atoms with Gasteiger partial charge in [0.15, 0.2) is 11.9 Å². The normalized spacial score (nSPS) is 20.4. The van der Waals surface area contributed by atoms with Gasteiger partial charge < -0.3 is 9.11 Å². The summed E-state index contributed by atoms with van der Waals surface area (Å²) < 4.78 is 51.2. The molecule has 4 rings (SSSR count). The van der Waals surface area contributed by atoms with Gasteiger partial charge in [-0.25, -0.2) is 4.98 Å². The highest BCUT2D eigenvalue weighted by Gasteiger charge is 2.69. The van der Waals surface area contributed by atoms with Crippen molar-refractivity contribution in [2.45, 2.75) is 70.6 Å². The number of rotatable bonds is 6. The molecule has 1 heterocycles. The number of nitrogens with one attached hydrogen (secondary N) is 1. The van der Waals surface area contributed by atoms with Crippen LogP contribution in [0.15, 0.2) is 85.1 Å². The second-order valence-corrected chi connectivity index (χ2v) is 12.4. The average Bonchev–Trinajstić information content (AvgIpc) is 3.50. The van der Waals surface area contributed by atoms with Crippen LogP contribution in [0.25, 0.3) is 0 Å². The molecule has 9 heteroatoms. The Morgan fingerprint density at radius 3 is 1.79 bits per heavy atom. The van der Waals surface area contributed by atoms with Crippen LogP contribution in [0.4, 0.5) is 0 Å². The summed E-state index contributed by atoms with van der Waals surface area (Å²) in [4.78, 5) is 3.55. The van der Waals surface area contributed by atoms with Gasteiger partial charge in [0.05, 0.1) is 11.7 Å². The topological polar surface area (TPSA) is 132 Å². The zero-order chi connectivity index (χ0) is 29.7. The number of hydrogen-bond acceptors (Lipinski definition) is 5. The summed E-state index contributed by atoms with van der Waals surface area (Å²) in [5, 5.41) is 0. The first-order valence-corrected chi connectivity index (χ1v) is 15.8. The Balaban J connectivity index is 0.000000453. The van der Waals surface area contributed by atoms with Crippen LogP contribution in [0.5, 0.6) is 0 Å². The van der Waals surface area contributed by atoms with E-state index in [2.05, 4.69) is 125 Å². The quantitative estimate of drug-likeness (QED) is 0.289. The van der Waals surface area contributed by atoms with Crippen LogP contribution in [0.2, 0.25) is 0 Å². The molecule has 1 aromatic heterocycles. The largest absolute Gasteiger partial charge is 0.784 e. The van der Waals surface area contributed by atoms with Crippen molar-refractivity contribution in [2.75, 3.05) is 6.26 Å². The van der Waals surface area contributed by atoms with Gasteiger partial charge in [0, 0.05) is 17.5 Å². The van der Waals surface area contributed by atoms with E-state index in [1.165, 1.54) is 29.7 Å². The smallest absolute Gasteiger partial charge is 0.261 e. The Hall–Kier alpha value is -2.43. The van der Waals surface area contributed by atoms with Gasteiger partial charge in [-0.3, -0.25) is 8.76 Å². The summed E-state index contributed by atoms with van der Waals surface area (Å²) in [5.41, 5.74) is 4.61. The van der Waals surface area contributed by atoms with Crippen molar-refractivity contribution in [1.82, 2.24) is 0 Å². The standard InChI is InChI=1S/C24H25N.C5H12.CH4O3S.H2O3S/c1-19(20-11-5-3-6-12-20)17-24(22-15-9-10-16-25-22)18-23(24,2)21-13-7-4-8-14-21;1-4-5(2)3;1-5(2,3)4;1-4(2)3/h3-16,19H,17-18H2,1-2H3;5H,4H2,1-3H3;1H3,(H,2,3,4);(H2,1,2,3)/p-1. The van der Waals surface area contributed by atoms with Crippen LogP contribution in [0.3, 0.4) is 0 Å². The lowest BCUT2D eigenvalue weighted by atomic mass is 9.78. The van der Waals surface area contributed by atoms with E-state index in [-0.39, 0.29) is 10.8 Å². The Morgan fingerprint density at radius 2 is 1.38 bits per heavy atom. The summed E-state index contributed by atoms with van der Waals surface area (Å²) >= 11 is -3.11. The minimum absolute atomic E-state index is 0.171. The first-order valence-electron chi connectivity index (χ1n) is 12.9. The van der Waals surface area contributed by atoms with E-state index in [1.807, 2.05) is 0 Å². The van der Waals surface area contributed by atoms with E-state index in [4.69, 9.17) is 17.9 Å². The Kier molecular flexibility index (Phi) is 14.2. The molecule has 0 radical (unpaired) electrons.